The minimum absolute atomic E-state index is 0.132. The molecule has 0 bridgehead atoms. The van der Waals surface area contributed by atoms with Gasteiger partial charge in [0.2, 0.25) is 0 Å². The van der Waals surface area contributed by atoms with Crippen LogP contribution in [0, 0.1) is 23.2 Å². The van der Waals surface area contributed by atoms with E-state index in [1.807, 2.05) is 18.3 Å². The van der Waals surface area contributed by atoms with Crippen LogP contribution in [-0.4, -0.2) is 11.2 Å². The zero-order valence-corrected chi connectivity index (χ0v) is 57.0. The third kappa shape index (κ3) is 16.0. The Balaban J connectivity index is 1.25. The fourth-order valence-corrected chi connectivity index (χ4v) is 17.4. The number of thiophene rings is 1. The molecule has 87 heavy (non-hydrogen) atoms. The molecule has 0 amide bonds. The maximum Gasteiger partial charge on any atom is 0.119 e. The molecule has 2 aromatic heterocycles. The highest BCUT2D eigenvalue weighted by molar-refractivity contribution is 7.16. The molecular weight excluding hydrogens is 1070 g/mol. The van der Waals surface area contributed by atoms with E-state index in [9.17, 15) is 5.26 Å². The van der Waals surface area contributed by atoms with Crippen molar-refractivity contribution in [2.24, 2.45) is 11.8 Å². The molecule has 3 nitrogen and oxygen atoms in total. The smallest absolute Gasteiger partial charge is 0.119 e. The molecule has 0 spiro atoms. The second kappa shape index (κ2) is 34.4. The molecule has 0 saturated carbocycles. The van der Waals surface area contributed by atoms with Gasteiger partial charge in [0.1, 0.15) is 5.75 Å². The Kier molecular flexibility index (Phi) is 26.3. The molecule has 2 heterocycles. The number of hydrogen-bond acceptors (Lipinski definition) is 3. The fraction of sp³-hybridized carbons (Fsp3) is 0.602. The highest BCUT2D eigenvalue weighted by Crippen LogP contribution is 2.64. The molecule has 1 aliphatic carbocycles. The first-order chi connectivity index (χ1) is 42.9. The third-order valence-corrected chi connectivity index (χ3v) is 22.0. The van der Waals surface area contributed by atoms with E-state index >= 15 is 0 Å². The Morgan fingerprint density at radius 2 is 0.977 bits per heavy atom. The SMILES string of the molecule is CCCCCCCCC(CCCCCC)COc1ccc(-c2cc3c4c5c2cccc5c2cccc5c6c(c(c4c52)n3CC(CCCCCC)CCCCCCCC)C(CCCCCCCC)(CCCCCCCC)c2cc(C=C(C)C#N)sc2-6)cc1. The first-order valence-electron chi connectivity index (χ1n) is 36.8. The van der Waals surface area contributed by atoms with Crippen molar-refractivity contribution in [3.8, 4) is 33.4 Å². The quantitative estimate of drug-likeness (QED) is 0.0165. The van der Waals surface area contributed by atoms with Crippen molar-refractivity contribution >= 4 is 71.5 Å². The summed E-state index contributed by atoms with van der Waals surface area (Å²) in [6.45, 7) is 18.0. The van der Waals surface area contributed by atoms with E-state index in [4.69, 9.17) is 4.74 Å². The van der Waals surface area contributed by atoms with Crippen LogP contribution in [0.5, 0.6) is 5.75 Å². The van der Waals surface area contributed by atoms with Crippen LogP contribution in [0.4, 0.5) is 0 Å². The largest absolute Gasteiger partial charge is 0.493 e. The molecule has 1 aliphatic rings. The van der Waals surface area contributed by atoms with Gasteiger partial charge in [-0.1, -0.05) is 296 Å². The predicted octanol–water partition coefficient (Wildman–Crippen LogP) is 27.6. The van der Waals surface area contributed by atoms with Crippen LogP contribution < -0.4 is 4.74 Å². The molecule has 470 valence electrons. The second-order valence-electron chi connectivity index (χ2n) is 27.7. The molecule has 0 radical (unpaired) electrons. The molecule has 0 saturated heterocycles. The van der Waals surface area contributed by atoms with Gasteiger partial charge in [-0.2, -0.15) is 5.26 Å². The molecule has 0 aliphatic heterocycles. The molecule has 0 N–H and O–H groups in total. The lowest BCUT2D eigenvalue weighted by molar-refractivity contribution is 0.224. The average Bonchev–Trinajstić information content (AvgIpc) is 1.53. The first kappa shape index (κ1) is 66.6. The molecule has 2 unspecified atom stereocenters. The Bertz CT molecular complexity index is 3360. The number of fused-ring (bicyclic) bond motifs is 6. The van der Waals surface area contributed by atoms with Gasteiger partial charge in [0.15, 0.2) is 0 Å². The summed E-state index contributed by atoms with van der Waals surface area (Å²) in [6, 6.07) is 31.9. The molecule has 0 fully saturated rings. The molecular formula is C83H116N2OS. The van der Waals surface area contributed by atoms with Crippen molar-refractivity contribution in [3.63, 3.8) is 0 Å². The fourth-order valence-electron chi connectivity index (χ4n) is 16.1. The van der Waals surface area contributed by atoms with E-state index in [-0.39, 0.29) is 5.41 Å². The van der Waals surface area contributed by atoms with Crippen LogP contribution >= 0.6 is 11.3 Å². The maximum absolute atomic E-state index is 10.2. The van der Waals surface area contributed by atoms with Gasteiger partial charge in [-0.15, -0.1) is 11.3 Å². The number of nitrogens with zero attached hydrogens (tertiary/aromatic N) is 2. The number of hydrogen-bond donors (Lipinski definition) is 0. The van der Waals surface area contributed by atoms with Crippen LogP contribution in [-0.2, 0) is 12.0 Å². The number of nitriles is 1. The number of ether oxygens (including phenoxy) is 1. The number of aromatic nitrogens is 1. The van der Waals surface area contributed by atoms with E-state index in [0.717, 1.165) is 24.5 Å². The number of allylic oxidation sites excluding steroid dienone is 1. The van der Waals surface area contributed by atoms with Crippen LogP contribution in [0.2, 0.25) is 0 Å². The van der Waals surface area contributed by atoms with Crippen molar-refractivity contribution in [2.45, 2.75) is 304 Å². The topological polar surface area (TPSA) is 38.0 Å². The van der Waals surface area contributed by atoms with Gasteiger partial charge >= 0.3 is 0 Å². The van der Waals surface area contributed by atoms with Crippen molar-refractivity contribution in [1.82, 2.24) is 4.57 Å². The van der Waals surface area contributed by atoms with E-state index in [0.29, 0.717) is 11.8 Å². The van der Waals surface area contributed by atoms with Crippen molar-refractivity contribution < 1.29 is 4.74 Å². The van der Waals surface area contributed by atoms with Gasteiger partial charge in [0.05, 0.1) is 23.7 Å². The Morgan fingerprint density at radius 3 is 1.51 bits per heavy atom. The lowest BCUT2D eigenvalue weighted by Gasteiger charge is -2.34. The zero-order valence-electron chi connectivity index (χ0n) is 56.2. The lowest BCUT2D eigenvalue weighted by atomic mass is 9.69. The van der Waals surface area contributed by atoms with Crippen LogP contribution in [0.15, 0.2) is 78.4 Å². The number of rotatable bonds is 45. The average molecular weight is 1190 g/mol. The van der Waals surface area contributed by atoms with Crippen molar-refractivity contribution in [2.75, 3.05) is 6.61 Å². The van der Waals surface area contributed by atoms with Gasteiger partial charge in [-0.25, -0.2) is 0 Å². The first-order valence-corrected chi connectivity index (χ1v) is 37.6. The standard InChI is InChI=1S/C83H116N2OS/c1-8-14-20-26-30-36-43-63(42-34-24-18-12-5)60-85-74-58-72(65-50-52-66(53-51-65)86-61-64(44-35-25-19-13-6)45-37-31-27-21-15-9-2)70-48-40-46-68-69-47-41-49-71-76(69)79(78(74)75(68)70)81(85)80-77(71)82-73(57-67(87-82)56-62(7)59-84)83(80,54-38-32-28-22-16-10-3)55-39-33-29-23-17-11-4/h40-41,46-53,56-58,63-64H,8-39,42-45,54-55,60-61H2,1-7H3. The monoisotopic (exact) mass is 1190 g/mol. The zero-order chi connectivity index (χ0) is 60.8. The van der Waals surface area contributed by atoms with Gasteiger partial charge in [0.25, 0.3) is 0 Å². The van der Waals surface area contributed by atoms with E-state index in [2.05, 4.69) is 131 Å². The molecule has 2 atom stereocenters. The Labute approximate surface area is 533 Å². The van der Waals surface area contributed by atoms with Gasteiger partial charge in [-0.3, -0.25) is 0 Å². The van der Waals surface area contributed by atoms with E-state index < -0.39 is 0 Å². The summed E-state index contributed by atoms with van der Waals surface area (Å²) < 4.78 is 9.85. The minimum atomic E-state index is -0.132. The van der Waals surface area contributed by atoms with Gasteiger partial charge < -0.3 is 9.30 Å². The summed E-state index contributed by atoms with van der Waals surface area (Å²) in [4.78, 5) is 2.72. The molecule has 9 rings (SSSR count). The molecule has 8 aromatic rings. The highest BCUT2D eigenvalue weighted by Gasteiger charge is 2.48. The van der Waals surface area contributed by atoms with Crippen LogP contribution in [0.1, 0.15) is 308 Å². The van der Waals surface area contributed by atoms with Crippen LogP contribution in [0.3, 0.4) is 0 Å². The summed E-state index contributed by atoms with van der Waals surface area (Å²) in [6.07, 6.45) is 52.0. The maximum atomic E-state index is 10.2. The third-order valence-electron chi connectivity index (χ3n) is 20.9. The van der Waals surface area contributed by atoms with E-state index in [1.54, 1.807) is 16.6 Å². The number of unbranched alkanes of at least 4 members (excludes halogenated alkanes) is 26. The summed E-state index contributed by atoms with van der Waals surface area (Å²) in [5, 5.41) is 21.8. The normalized spacial score (nSPS) is 14.0. The second-order valence-corrected chi connectivity index (χ2v) is 28.8. The number of benzene rings is 6. The Morgan fingerprint density at radius 1 is 0.517 bits per heavy atom. The summed E-state index contributed by atoms with van der Waals surface area (Å²) in [5.74, 6) is 2.23. The Hall–Kier alpha value is -4.85. The van der Waals surface area contributed by atoms with Crippen molar-refractivity contribution in [3.05, 3.63) is 94.4 Å². The van der Waals surface area contributed by atoms with Crippen LogP contribution in [0.25, 0.3) is 81.8 Å². The van der Waals surface area contributed by atoms with Gasteiger partial charge in [0, 0.05) is 54.4 Å². The van der Waals surface area contributed by atoms with E-state index in [1.165, 1.54) is 319 Å². The summed E-state index contributed by atoms with van der Waals surface area (Å²) >= 11 is 1.98. The summed E-state index contributed by atoms with van der Waals surface area (Å²) in [5.41, 5.74) is 11.1. The van der Waals surface area contributed by atoms with Crippen molar-refractivity contribution in [1.29, 1.82) is 5.26 Å². The predicted molar refractivity (Wildman–Crippen MR) is 385 cm³/mol. The lowest BCUT2D eigenvalue weighted by Crippen LogP contribution is -2.26. The highest BCUT2D eigenvalue weighted by atomic mass is 32.1. The van der Waals surface area contributed by atoms with Gasteiger partial charge in [-0.05, 0) is 131 Å². The molecule has 6 aromatic carbocycles. The molecule has 4 heteroatoms. The minimum Gasteiger partial charge on any atom is -0.493 e. The summed E-state index contributed by atoms with van der Waals surface area (Å²) in [7, 11) is 0.